The first-order chi connectivity index (χ1) is 11.8. The summed E-state index contributed by atoms with van der Waals surface area (Å²) in [5, 5.41) is 23.1. The van der Waals surface area contributed by atoms with Crippen molar-refractivity contribution in [2.24, 2.45) is 0 Å². The number of benzene rings is 2. The average Bonchev–Trinajstić information content (AvgIpc) is 2.78. The van der Waals surface area contributed by atoms with E-state index in [4.69, 9.17) is 0 Å². The number of carbonyl (C=O) groups excluding carboxylic acids is 1. The minimum Gasteiger partial charge on any atom is -0.507 e. The zero-order valence-electron chi connectivity index (χ0n) is 14.8. The van der Waals surface area contributed by atoms with Gasteiger partial charge in [0.1, 0.15) is 5.75 Å². The van der Waals surface area contributed by atoms with Gasteiger partial charge in [0.25, 0.3) is 5.91 Å². The van der Waals surface area contributed by atoms with Crippen molar-refractivity contribution >= 4 is 11.6 Å². The van der Waals surface area contributed by atoms with Crippen molar-refractivity contribution < 1.29 is 15.0 Å². The highest BCUT2D eigenvalue weighted by Gasteiger charge is 2.18. The van der Waals surface area contributed by atoms with Crippen LogP contribution in [0.1, 0.15) is 60.2 Å². The Labute approximate surface area is 148 Å². The minimum absolute atomic E-state index is 0.0336. The van der Waals surface area contributed by atoms with Gasteiger partial charge in [-0.25, -0.2) is 0 Å². The summed E-state index contributed by atoms with van der Waals surface area (Å²) in [6.45, 7) is 3.43. The number of rotatable bonds is 3. The zero-order valence-corrected chi connectivity index (χ0v) is 14.8. The van der Waals surface area contributed by atoms with Gasteiger partial charge in [0.15, 0.2) is 0 Å². The maximum atomic E-state index is 12.6. The Hall–Kier alpha value is -2.33. The number of phenolic OH excluding ortho intramolecular Hbond substituents is 1. The fourth-order valence-corrected chi connectivity index (χ4v) is 3.29. The summed E-state index contributed by atoms with van der Waals surface area (Å²) >= 11 is 0. The molecule has 0 fully saturated rings. The molecule has 0 bridgehead atoms. The maximum absolute atomic E-state index is 12.6. The first-order valence-electron chi connectivity index (χ1n) is 8.83. The van der Waals surface area contributed by atoms with Crippen LogP contribution >= 0.6 is 0 Å². The SMILES string of the molecule is CC(C)(O)c1ccc(NC(=O)c2cc3c(cc2O)CCCCC3)cc1. The molecule has 0 radical (unpaired) electrons. The smallest absolute Gasteiger partial charge is 0.259 e. The Morgan fingerprint density at radius 3 is 2.20 bits per heavy atom. The zero-order chi connectivity index (χ0) is 18.0. The van der Waals surface area contributed by atoms with Gasteiger partial charge in [0.05, 0.1) is 11.2 Å². The summed E-state index contributed by atoms with van der Waals surface area (Å²) in [5.41, 5.74) is 3.12. The maximum Gasteiger partial charge on any atom is 0.259 e. The van der Waals surface area contributed by atoms with Crippen LogP contribution in [-0.4, -0.2) is 16.1 Å². The van der Waals surface area contributed by atoms with Crippen molar-refractivity contribution in [1.29, 1.82) is 0 Å². The lowest BCUT2D eigenvalue weighted by Crippen LogP contribution is -2.16. The van der Waals surface area contributed by atoms with E-state index in [0.29, 0.717) is 11.3 Å². The predicted molar refractivity (Wildman–Crippen MR) is 99.0 cm³/mol. The monoisotopic (exact) mass is 339 g/mol. The van der Waals surface area contributed by atoms with Gasteiger partial charge < -0.3 is 15.5 Å². The number of aromatic hydroxyl groups is 1. The van der Waals surface area contributed by atoms with E-state index in [-0.39, 0.29) is 11.7 Å². The number of hydrogen-bond acceptors (Lipinski definition) is 3. The van der Waals surface area contributed by atoms with Gasteiger partial charge in [0.2, 0.25) is 0 Å². The number of carbonyl (C=O) groups is 1. The predicted octanol–water partition coefficient (Wildman–Crippen LogP) is 4.14. The molecule has 1 aliphatic carbocycles. The Morgan fingerprint density at radius 1 is 1.00 bits per heavy atom. The van der Waals surface area contributed by atoms with E-state index in [2.05, 4.69) is 5.32 Å². The van der Waals surface area contributed by atoms with Gasteiger partial charge in [-0.1, -0.05) is 18.6 Å². The number of phenols is 1. The number of hydrogen-bond donors (Lipinski definition) is 3. The van der Waals surface area contributed by atoms with Gasteiger partial charge in [-0.2, -0.15) is 0 Å². The number of anilines is 1. The van der Waals surface area contributed by atoms with Crippen molar-refractivity contribution in [1.82, 2.24) is 0 Å². The Morgan fingerprint density at radius 2 is 1.60 bits per heavy atom. The van der Waals surface area contributed by atoms with Crippen LogP contribution in [0, 0.1) is 0 Å². The van der Waals surface area contributed by atoms with E-state index >= 15 is 0 Å². The highest BCUT2D eigenvalue weighted by molar-refractivity contribution is 6.06. The molecule has 1 amide bonds. The molecule has 25 heavy (non-hydrogen) atoms. The van der Waals surface area contributed by atoms with E-state index in [1.165, 1.54) is 6.42 Å². The normalized spacial score (nSPS) is 14.5. The second-order valence-corrected chi connectivity index (χ2v) is 7.29. The van der Waals surface area contributed by atoms with Crippen LogP contribution in [0.4, 0.5) is 5.69 Å². The fraction of sp³-hybridized carbons (Fsp3) is 0.381. The summed E-state index contributed by atoms with van der Waals surface area (Å²) < 4.78 is 0. The molecular formula is C21H25NO3. The lowest BCUT2D eigenvalue weighted by molar-refractivity contribution is 0.0786. The molecule has 0 unspecified atom stereocenters. The first kappa shape index (κ1) is 17.5. The third-order valence-electron chi connectivity index (χ3n) is 4.80. The van der Waals surface area contributed by atoms with Crippen molar-refractivity contribution in [3.8, 4) is 5.75 Å². The highest BCUT2D eigenvalue weighted by Crippen LogP contribution is 2.29. The quantitative estimate of drug-likeness (QED) is 0.736. The average molecular weight is 339 g/mol. The van der Waals surface area contributed by atoms with Crippen LogP contribution in [-0.2, 0) is 18.4 Å². The van der Waals surface area contributed by atoms with Gasteiger partial charge >= 0.3 is 0 Å². The van der Waals surface area contributed by atoms with Crippen molar-refractivity contribution in [3.05, 3.63) is 58.7 Å². The molecule has 0 heterocycles. The van der Waals surface area contributed by atoms with Gasteiger partial charge in [0, 0.05) is 5.69 Å². The van der Waals surface area contributed by atoms with Crippen LogP contribution in [0.3, 0.4) is 0 Å². The molecule has 0 spiro atoms. The molecule has 0 aromatic heterocycles. The lowest BCUT2D eigenvalue weighted by atomic mass is 9.98. The summed E-state index contributed by atoms with van der Waals surface area (Å²) in [4.78, 5) is 12.6. The summed E-state index contributed by atoms with van der Waals surface area (Å²) in [7, 11) is 0. The Kier molecular flexibility index (Phi) is 4.82. The van der Waals surface area contributed by atoms with Gasteiger partial charge in [-0.15, -0.1) is 0 Å². The molecule has 4 nitrogen and oxygen atoms in total. The summed E-state index contributed by atoms with van der Waals surface area (Å²) in [5.74, 6) is -0.285. The third-order valence-corrected chi connectivity index (χ3v) is 4.80. The molecule has 132 valence electrons. The number of aryl methyl sites for hydroxylation is 2. The van der Waals surface area contributed by atoms with E-state index in [1.54, 1.807) is 44.2 Å². The molecule has 0 aliphatic heterocycles. The van der Waals surface area contributed by atoms with Crippen LogP contribution < -0.4 is 5.32 Å². The molecule has 1 aliphatic rings. The molecule has 3 rings (SSSR count). The fourth-order valence-electron chi connectivity index (χ4n) is 3.29. The van der Waals surface area contributed by atoms with Gasteiger partial charge in [-0.05, 0) is 80.5 Å². The molecule has 4 heteroatoms. The second kappa shape index (κ2) is 6.89. The van der Waals surface area contributed by atoms with Crippen molar-refractivity contribution in [2.45, 2.75) is 51.6 Å². The first-order valence-corrected chi connectivity index (χ1v) is 8.83. The van der Waals surface area contributed by atoms with Crippen LogP contribution in [0.2, 0.25) is 0 Å². The van der Waals surface area contributed by atoms with Crippen LogP contribution in [0.25, 0.3) is 0 Å². The van der Waals surface area contributed by atoms with Gasteiger partial charge in [-0.3, -0.25) is 4.79 Å². The largest absolute Gasteiger partial charge is 0.507 e. The number of fused-ring (bicyclic) bond motifs is 1. The molecule has 2 aromatic carbocycles. The minimum atomic E-state index is -0.919. The molecule has 3 N–H and O–H groups in total. The number of amides is 1. The second-order valence-electron chi connectivity index (χ2n) is 7.29. The Bertz CT molecular complexity index is 773. The van der Waals surface area contributed by atoms with Crippen molar-refractivity contribution in [2.75, 3.05) is 5.32 Å². The highest BCUT2D eigenvalue weighted by atomic mass is 16.3. The molecule has 2 aromatic rings. The summed E-state index contributed by atoms with van der Waals surface area (Å²) in [6, 6.07) is 10.7. The van der Waals surface area contributed by atoms with E-state index in [0.717, 1.165) is 42.4 Å². The number of nitrogens with one attached hydrogen (secondary N) is 1. The summed E-state index contributed by atoms with van der Waals surface area (Å²) in [6.07, 6.45) is 5.35. The molecule has 0 atom stereocenters. The molecule has 0 saturated carbocycles. The number of aliphatic hydroxyl groups is 1. The van der Waals surface area contributed by atoms with E-state index in [1.807, 2.05) is 6.07 Å². The third kappa shape index (κ3) is 4.02. The molecule has 0 saturated heterocycles. The van der Waals surface area contributed by atoms with Crippen LogP contribution in [0.15, 0.2) is 36.4 Å². The lowest BCUT2D eigenvalue weighted by Gasteiger charge is -2.18. The van der Waals surface area contributed by atoms with Crippen molar-refractivity contribution in [3.63, 3.8) is 0 Å². The van der Waals surface area contributed by atoms with E-state index in [9.17, 15) is 15.0 Å². The standard InChI is InChI=1S/C21H25NO3/c1-21(2,25)16-8-10-17(11-9-16)22-20(24)18-12-14-6-4-3-5-7-15(14)13-19(18)23/h8-13,23,25H,3-7H2,1-2H3,(H,22,24). The van der Waals surface area contributed by atoms with E-state index < -0.39 is 5.60 Å². The topological polar surface area (TPSA) is 69.6 Å². The van der Waals surface area contributed by atoms with Crippen LogP contribution in [0.5, 0.6) is 5.75 Å². The molecular weight excluding hydrogens is 314 g/mol. The Balaban J connectivity index is 1.80.